The number of aromatic nitrogens is 1. The molecule has 2 heterocycles. The Bertz CT molecular complexity index is 1480. The summed E-state index contributed by atoms with van der Waals surface area (Å²) in [7, 11) is 0. The van der Waals surface area contributed by atoms with Gasteiger partial charge in [-0.2, -0.15) is 13.2 Å². The first kappa shape index (κ1) is 31.0. The summed E-state index contributed by atoms with van der Waals surface area (Å²) < 4.78 is 74.1. The molecule has 0 N–H and O–H groups in total. The lowest BCUT2D eigenvalue weighted by Crippen LogP contribution is -2.61. The molecule has 1 aliphatic carbocycles. The highest BCUT2D eigenvalue weighted by Crippen LogP contribution is 2.44. The van der Waals surface area contributed by atoms with Crippen LogP contribution in [0.25, 0.3) is 11.3 Å². The van der Waals surface area contributed by atoms with Crippen LogP contribution in [0.3, 0.4) is 0 Å². The molecule has 0 spiro atoms. The number of carbonyl (C=O) groups excluding carboxylic acids is 2. The van der Waals surface area contributed by atoms with Crippen molar-refractivity contribution >= 4 is 11.6 Å². The maximum atomic E-state index is 14.3. The Hall–Kier alpha value is -3.40. The van der Waals surface area contributed by atoms with Gasteiger partial charge in [-0.05, 0) is 42.0 Å². The molecule has 2 fully saturated rings. The third-order valence-corrected chi connectivity index (χ3v) is 8.87. The summed E-state index contributed by atoms with van der Waals surface area (Å²) in [5.74, 6) is -2.22. The average Bonchev–Trinajstić information content (AvgIpc) is 3.41. The summed E-state index contributed by atoms with van der Waals surface area (Å²) in [6.07, 6.45) is 0.898. The quantitative estimate of drug-likeness (QED) is 0.173. The van der Waals surface area contributed by atoms with Gasteiger partial charge in [0.2, 0.25) is 0 Å². The zero-order chi connectivity index (χ0) is 31.0. The predicted octanol–water partition coefficient (Wildman–Crippen LogP) is 8.17. The van der Waals surface area contributed by atoms with Crippen molar-refractivity contribution in [3.05, 3.63) is 77.0 Å². The molecule has 43 heavy (non-hydrogen) atoms. The molecule has 0 bridgehead atoms. The largest absolute Gasteiger partial charge is 0.416 e. The van der Waals surface area contributed by atoms with Gasteiger partial charge in [0.25, 0.3) is 0 Å². The topological polar surface area (TPSA) is 63.4 Å². The summed E-state index contributed by atoms with van der Waals surface area (Å²) in [6, 6.07) is 9.98. The van der Waals surface area contributed by atoms with Crippen molar-refractivity contribution in [2.75, 3.05) is 13.1 Å². The number of likely N-dealkylation sites (tertiary alicyclic amines) is 1. The zero-order valence-corrected chi connectivity index (χ0v) is 24.3. The third-order valence-electron chi connectivity index (χ3n) is 8.87. The molecule has 1 aromatic heterocycles. The predicted molar refractivity (Wildman–Crippen MR) is 150 cm³/mol. The van der Waals surface area contributed by atoms with Gasteiger partial charge in [-0.1, -0.05) is 56.5 Å². The first-order chi connectivity index (χ1) is 20.3. The lowest BCUT2D eigenvalue weighted by atomic mass is 9.68. The van der Waals surface area contributed by atoms with Gasteiger partial charge in [0.15, 0.2) is 11.5 Å². The summed E-state index contributed by atoms with van der Waals surface area (Å²) in [6.45, 7) is 4.31. The van der Waals surface area contributed by atoms with E-state index < -0.39 is 34.2 Å². The standard InChI is InChI=1S/C33H35F5N2O3/c1-31(2,25-10-6-7-11-26(25)33(36,37)38)16-23(41)17-32(19-40(20-32)22-8-4-3-5-9-22)18-29(42)28-15-30(43-39-28)24-13-12-21(34)14-27(24)35/h6-7,10-15,22H,3-5,8-9,16-20H2,1-2H3. The smallest absolute Gasteiger partial charge is 0.355 e. The number of hydrogen-bond acceptors (Lipinski definition) is 5. The van der Waals surface area contributed by atoms with E-state index in [4.69, 9.17) is 4.52 Å². The molecule has 5 rings (SSSR count). The van der Waals surface area contributed by atoms with E-state index in [0.29, 0.717) is 25.2 Å². The molecule has 2 aliphatic rings. The van der Waals surface area contributed by atoms with Crippen LogP contribution < -0.4 is 0 Å². The Morgan fingerprint density at radius 2 is 1.63 bits per heavy atom. The van der Waals surface area contributed by atoms with Crippen molar-refractivity contribution in [3.8, 4) is 11.3 Å². The van der Waals surface area contributed by atoms with E-state index in [1.165, 1.54) is 36.8 Å². The molecule has 3 aromatic rings. The number of rotatable bonds is 10. The van der Waals surface area contributed by atoms with Crippen LogP contribution >= 0.6 is 0 Å². The monoisotopic (exact) mass is 602 g/mol. The van der Waals surface area contributed by atoms with Crippen LogP contribution in [0.4, 0.5) is 22.0 Å². The van der Waals surface area contributed by atoms with E-state index in [2.05, 4.69) is 10.1 Å². The Labute approximate surface area is 247 Å². The molecule has 0 amide bonds. The molecule has 230 valence electrons. The molecule has 2 aromatic carbocycles. The van der Waals surface area contributed by atoms with Crippen LogP contribution in [-0.2, 0) is 16.4 Å². The van der Waals surface area contributed by atoms with Crippen molar-refractivity contribution in [1.82, 2.24) is 10.1 Å². The fraction of sp³-hybridized carbons (Fsp3) is 0.485. The molecule has 0 atom stereocenters. The van der Waals surface area contributed by atoms with Crippen LogP contribution in [0.5, 0.6) is 0 Å². The Kier molecular flexibility index (Phi) is 8.62. The highest BCUT2D eigenvalue weighted by atomic mass is 19.4. The van der Waals surface area contributed by atoms with Gasteiger partial charge in [0.05, 0.1) is 11.1 Å². The van der Waals surface area contributed by atoms with Crippen LogP contribution in [0.15, 0.2) is 53.1 Å². The minimum absolute atomic E-state index is 0.0145. The number of nitrogens with zero attached hydrogens (tertiary/aromatic N) is 2. The molecule has 1 saturated heterocycles. The summed E-state index contributed by atoms with van der Waals surface area (Å²) >= 11 is 0. The minimum Gasteiger partial charge on any atom is -0.355 e. The van der Waals surface area contributed by atoms with Gasteiger partial charge in [0, 0.05) is 55.9 Å². The average molecular weight is 603 g/mol. The summed E-state index contributed by atoms with van der Waals surface area (Å²) in [5.41, 5.74) is -2.55. The number of ketones is 2. The fourth-order valence-electron chi connectivity index (χ4n) is 6.85. The van der Waals surface area contributed by atoms with Crippen LogP contribution in [0.2, 0.25) is 0 Å². The fourth-order valence-corrected chi connectivity index (χ4v) is 6.85. The second-order valence-corrected chi connectivity index (χ2v) is 12.8. The SMILES string of the molecule is CC(C)(CC(=O)CC1(CC(=O)c2cc(-c3ccc(F)cc3F)on2)CN(C2CCCCC2)C1)c1ccccc1C(F)(F)F. The number of carbonyl (C=O) groups is 2. The van der Waals surface area contributed by atoms with Gasteiger partial charge < -0.3 is 4.52 Å². The van der Waals surface area contributed by atoms with Gasteiger partial charge in [0.1, 0.15) is 23.1 Å². The summed E-state index contributed by atoms with van der Waals surface area (Å²) in [4.78, 5) is 29.3. The third kappa shape index (κ3) is 6.89. The van der Waals surface area contributed by atoms with E-state index in [0.717, 1.165) is 37.8 Å². The number of benzene rings is 2. The van der Waals surface area contributed by atoms with E-state index in [9.17, 15) is 31.5 Å². The van der Waals surface area contributed by atoms with Crippen molar-refractivity contribution in [2.24, 2.45) is 5.41 Å². The Morgan fingerprint density at radius 1 is 0.953 bits per heavy atom. The van der Waals surface area contributed by atoms with Crippen LogP contribution in [0, 0.1) is 17.0 Å². The second-order valence-electron chi connectivity index (χ2n) is 12.8. The van der Waals surface area contributed by atoms with Crippen molar-refractivity contribution in [2.45, 2.75) is 82.8 Å². The van der Waals surface area contributed by atoms with E-state index in [1.54, 1.807) is 13.8 Å². The first-order valence-corrected chi connectivity index (χ1v) is 14.6. The number of halogens is 5. The van der Waals surface area contributed by atoms with Crippen LogP contribution in [0.1, 0.15) is 86.8 Å². The highest BCUT2D eigenvalue weighted by Gasteiger charge is 2.49. The lowest BCUT2D eigenvalue weighted by Gasteiger charge is -2.54. The molecule has 1 saturated carbocycles. The molecule has 1 aliphatic heterocycles. The lowest BCUT2D eigenvalue weighted by molar-refractivity contribution is -0.139. The number of hydrogen-bond donors (Lipinski definition) is 0. The molecule has 0 radical (unpaired) electrons. The molecular weight excluding hydrogens is 567 g/mol. The van der Waals surface area contributed by atoms with Gasteiger partial charge in [-0.3, -0.25) is 14.5 Å². The van der Waals surface area contributed by atoms with Gasteiger partial charge >= 0.3 is 6.18 Å². The highest BCUT2D eigenvalue weighted by molar-refractivity contribution is 5.96. The van der Waals surface area contributed by atoms with Gasteiger partial charge in [-0.25, -0.2) is 8.78 Å². The zero-order valence-electron chi connectivity index (χ0n) is 24.3. The normalized spacial score (nSPS) is 17.9. The van der Waals surface area contributed by atoms with Crippen molar-refractivity contribution < 1.29 is 36.1 Å². The maximum Gasteiger partial charge on any atom is 0.416 e. The first-order valence-electron chi connectivity index (χ1n) is 14.6. The van der Waals surface area contributed by atoms with Crippen molar-refractivity contribution in [1.29, 1.82) is 0 Å². The summed E-state index contributed by atoms with van der Waals surface area (Å²) in [5, 5.41) is 3.83. The molecular formula is C33H35F5N2O3. The number of Topliss-reactive ketones (excluding diaryl/α,β-unsaturated/α-hetero) is 2. The van der Waals surface area contributed by atoms with E-state index in [-0.39, 0.29) is 53.4 Å². The number of alkyl halides is 3. The van der Waals surface area contributed by atoms with E-state index >= 15 is 0 Å². The maximum absolute atomic E-state index is 14.3. The Morgan fingerprint density at radius 3 is 2.28 bits per heavy atom. The second kappa shape index (κ2) is 11.9. The van der Waals surface area contributed by atoms with E-state index in [1.807, 2.05) is 0 Å². The minimum atomic E-state index is -4.55. The van der Waals surface area contributed by atoms with Gasteiger partial charge in [-0.15, -0.1) is 0 Å². The van der Waals surface area contributed by atoms with Crippen LogP contribution in [-0.4, -0.2) is 40.8 Å². The molecule has 5 nitrogen and oxygen atoms in total. The molecule has 10 heteroatoms. The van der Waals surface area contributed by atoms with Crippen molar-refractivity contribution in [3.63, 3.8) is 0 Å². The molecule has 0 unspecified atom stereocenters. The Balaban J connectivity index is 1.34.